The lowest BCUT2D eigenvalue weighted by Crippen LogP contribution is -2.01. The second-order valence-electron chi connectivity index (χ2n) is 2.79. The standard InChI is InChI=1S/C8H17N3/c1-3-5-7-8(6-4-2)10-11-9/h8H,3-7H2,1-2H3. The largest absolute Gasteiger partial charge is 0.0906 e. The average molecular weight is 155 g/mol. The molecule has 0 radical (unpaired) electrons. The highest BCUT2D eigenvalue weighted by Crippen LogP contribution is 2.10. The van der Waals surface area contributed by atoms with Gasteiger partial charge in [0.25, 0.3) is 0 Å². The first-order valence-corrected chi connectivity index (χ1v) is 4.39. The molecular formula is C8H17N3. The molecule has 0 rings (SSSR count). The predicted molar refractivity (Wildman–Crippen MR) is 47.4 cm³/mol. The van der Waals surface area contributed by atoms with Crippen molar-refractivity contribution in [1.29, 1.82) is 0 Å². The Kier molecular flexibility index (Phi) is 6.95. The molecule has 0 aliphatic heterocycles. The van der Waals surface area contributed by atoms with Crippen molar-refractivity contribution in [2.24, 2.45) is 5.11 Å². The van der Waals surface area contributed by atoms with Crippen LogP contribution in [0.4, 0.5) is 0 Å². The molecule has 64 valence electrons. The summed E-state index contributed by atoms with van der Waals surface area (Å²) in [6.07, 6.45) is 5.54. The van der Waals surface area contributed by atoms with Gasteiger partial charge in [0.1, 0.15) is 0 Å². The summed E-state index contributed by atoms with van der Waals surface area (Å²) in [6, 6.07) is 0.241. The van der Waals surface area contributed by atoms with E-state index in [1.54, 1.807) is 0 Å². The summed E-state index contributed by atoms with van der Waals surface area (Å²) in [5.74, 6) is 0. The van der Waals surface area contributed by atoms with Crippen molar-refractivity contribution in [3.05, 3.63) is 10.4 Å². The molecule has 0 aliphatic rings. The van der Waals surface area contributed by atoms with Crippen LogP contribution in [0.1, 0.15) is 46.0 Å². The first-order chi connectivity index (χ1) is 5.35. The molecule has 3 heteroatoms. The monoisotopic (exact) mass is 155 g/mol. The van der Waals surface area contributed by atoms with Gasteiger partial charge in [-0.2, -0.15) is 0 Å². The molecule has 0 saturated carbocycles. The Bertz CT molecular complexity index is 127. The Morgan fingerprint density at radius 2 is 2.00 bits per heavy atom. The van der Waals surface area contributed by atoms with Gasteiger partial charge in [-0.1, -0.05) is 38.2 Å². The summed E-state index contributed by atoms with van der Waals surface area (Å²) < 4.78 is 0. The molecule has 1 atom stereocenters. The van der Waals surface area contributed by atoms with Gasteiger partial charge in [-0.15, -0.1) is 0 Å². The number of unbranched alkanes of at least 4 members (excludes halogenated alkanes) is 1. The van der Waals surface area contributed by atoms with Gasteiger partial charge in [-0.25, -0.2) is 0 Å². The van der Waals surface area contributed by atoms with E-state index in [1.807, 2.05) is 0 Å². The van der Waals surface area contributed by atoms with E-state index in [0.29, 0.717) is 0 Å². The van der Waals surface area contributed by atoms with Crippen LogP contribution in [-0.4, -0.2) is 6.04 Å². The van der Waals surface area contributed by atoms with Crippen molar-refractivity contribution < 1.29 is 0 Å². The molecule has 0 amide bonds. The van der Waals surface area contributed by atoms with Crippen molar-refractivity contribution in [2.75, 3.05) is 0 Å². The minimum absolute atomic E-state index is 0.241. The summed E-state index contributed by atoms with van der Waals surface area (Å²) in [5, 5.41) is 3.73. The molecule has 0 aromatic rings. The van der Waals surface area contributed by atoms with E-state index in [0.717, 1.165) is 19.3 Å². The Balaban J connectivity index is 3.59. The van der Waals surface area contributed by atoms with Crippen molar-refractivity contribution >= 4 is 0 Å². The second-order valence-corrected chi connectivity index (χ2v) is 2.79. The molecular weight excluding hydrogens is 138 g/mol. The molecule has 3 nitrogen and oxygen atoms in total. The zero-order chi connectivity index (χ0) is 8.53. The summed E-state index contributed by atoms with van der Waals surface area (Å²) >= 11 is 0. The molecule has 1 unspecified atom stereocenters. The maximum Gasteiger partial charge on any atom is 0.0374 e. The average Bonchev–Trinajstić information content (AvgIpc) is 2.01. The lowest BCUT2D eigenvalue weighted by atomic mass is 10.1. The predicted octanol–water partition coefficient (Wildman–Crippen LogP) is 3.66. The van der Waals surface area contributed by atoms with E-state index in [2.05, 4.69) is 23.9 Å². The van der Waals surface area contributed by atoms with Crippen LogP contribution in [-0.2, 0) is 0 Å². The Morgan fingerprint density at radius 1 is 1.27 bits per heavy atom. The molecule has 0 aromatic carbocycles. The molecule has 0 aliphatic carbocycles. The van der Waals surface area contributed by atoms with Gasteiger partial charge in [0.2, 0.25) is 0 Å². The number of hydrogen-bond donors (Lipinski definition) is 0. The third-order valence-corrected chi connectivity index (χ3v) is 1.73. The van der Waals surface area contributed by atoms with Gasteiger partial charge >= 0.3 is 0 Å². The minimum atomic E-state index is 0.241. The van der Waals surface area contributed by atoms with Gasteiger partial charge in [-0.05, 0) is 18.4 Å². The SMILES string of the molecule is CCCCC(CCC)N=[N+]=[N-]. The van der Waals surface area contributed by atoms with Crippen LogP contribution in [0, 0.1) is 0 Å². The lowest BCUT2D eigenvalue weighted by molar-refractivity contribution is 0.533. The van der Waals surface area contributed by atoms with Crippen LogP contribution >= 0.6 is 0 Å². The molecule has 0 bridgehead atoms. The van der Waals surface area contributed by atoms with Gasteiger partial charge < -0.3 is 0 Å². The fraction of sp³-hybridized carbons (Fsp3) is 1.00. The summed E-state index contributed by atoms with van der Waals surface area (Å²) in [6.45, 7) is 4.27. The zero-order valence-electron chi connectivity index (χ0n) is 7.45. The second kappa shape index (κ2) is 7.42. The number of hydrogen-bond acceptors (Lipinski definition) is 1. The highest BCUT2D eigenvalue weighted by Gasteiger charge is 2.02. The Hall–Kier alpha value is -0.690. The number of azide groups is 1. The molecule has 0 saturated heterocycles. The highest BCUT2D eigenvalue weighted by molar-refractivity contribution is 4.65. The summed E-state index contributed by atoms with van der Waals surface area (Å²) in [5.41, 5.74) is 8.22. The first kappa shape index (κ1) is 10.3. The fourth-order valence-corrected chi connectivity index (χ4v) is 1.11. The fourth-order valence-electron chi connectivity index (χ4n) is 1.11. The zero-order valence-corrected chi connectivity index (χ0v) is 7.45. The highest BCUT2D eigenvalue weighted by atomic mass is 15.1. The van der Waals surface area contributed by atoms with Crippen molar-refractivity contribution in [3.8, 4) is 0 Å². The first-order valence-electron chi connectivity index (χ1n) is 4.39. The van der Waals surface area contributed by atoms with E-state index < -0.39 is 0 Å². The van der Waals surface area contributed by atoms with Gasteiger partial charge in [0, 0.05) is 11.0 Å². The third-order valence-electron chi connectivity index (χ3n) is 1.73. The summed E-state index contributed by atoms with van der Waals surface area (Å²) in [7, 11) is 0. The van der Waals surface area contributed by atoms with Crippen molar-refractivity contribution in [3.63, 3.8) is 0 Å². The van der Waals surface area contributed by atoms with Crippen molar-refractivity contribution in [1.82, 2.24) is 0 Å². The quantitative estimate of drug-likeness (QED) is 0.319. The number of rotatable bonds is 6. The Morgan fingerprint density at radius 3 is 2.45 bits per heavy atom. The van der Waals surface area contributed by atoms with E-state index in [4.69, 9.17) is 5.53 Å². The molecule has 0 heterocycles. The topological polar surface area (TPSA) is 48.8 Å². The van der Waals surface area contributed by atoms with Crippen LogP contribution in [0.3, 0.4) is 0 Å². The smallest absolute Gasteiger partial charge is 0.0374 e. The lowest BCUT2D eigenvalue weighted by Gasteiger charge is -2.07. The molecule has 0 aromatic heterocycles. The summed E-state index contributed by atoms with van der Waals surface area (Å²) in [4.78, 5) is 2.83. The maximum atomic E-state index is 8.22. The van der Waals surface area contributed by atoms with Crippen LogP contribution in [0.5, 0.6) is 0 Å². The van der Waals surface area contributed by atoms with Gasteiger partial charge in [-0.3, -0.25) is 0 Å². The van der Waals surface area contributed by atoms with Gasteiger partial charge in [0.05, 0.1) is 0 Å². The van der Waals surface area contributed by atoms with E-state index >= 15 is 0 Å². The van der Waals surface area contributed by atoms with Crippen LogP contribution in [0.25, 0.3) is 10.4 Å². The van der Waals surface area contributed by atoms with E-state index in [-0.39, 0.29) is 6.04 Å². The van der Waals surface area contributed by atoms with E-state index in [9.17, 15) is 0 Å². The minimum Gasteiger partial charge on any atom is -0.0906 e. The van der Waals surface area contributed by atoms with Gasteiger partial charge in [0.15, 0.2) is 0 Å². The van der Waals surface area contributed by atoms with E-state index in [1.165, 1.54) is 12.8 Å². The normalized spacial score (nSPS) is 12.2. The van der Waals surface area contributed by atoms with Crippen molar-refractivity contribution in [2.45, 2.75) is 52.0 Å². The molecule has 0 spiro atoms. The maximum absolute atomic E-state index is 8.22. The molecule has 0 fully saturated rings. The number of nitrogens with zero attached hydrogens (tertiary/aromatic N) is 3. The van der Waals surface area contributed by atoms with Crippen LogP contribution in [0.2, 0.25) is 0 Å². The van der Waals surface area contributed by atoms with Crippen LogP contribution in [0.15, 0.2) is 5.11 Å². The Labute approximate surface area is 68.4 Å². The molecule has 0 N–H and O–H groups in total. The molecule has 11 heavy (non-hydrogen) atoms. The third kappa shape index (κ3) is 5.74. The van der Waals surface area contributed by atoms with Crippen LogP contribution < -0.4 is 0 Å².